The number of rotatable bonds is 3. The van der Waals surface area contributed by atoms with Crippen molar-refractivity contribution in [1.82, 2.24) is 0 Å². The molecule has 0 spiro atoms. The van der Waals surface area contributed by atoms with E-state index >= 15 is 0 Å². The van der Waals surface area contributed by atoms with Crippen LogP contribution in [0.3, 0.4) is 0 Å². The Balaban J connectivity index is 2.96. The van der Waals surface area contributed by atoms with Crippen LogP contribution >= 0.6 is 0 Å². The summed E-state index contributed by atoms with van der Waals surface area (Å²) in [5, 5.41) is 2.11. The predicted molar refractivity (Wildman–Crippen MR) is 68.0 cm³/mol. The molecule has 0 aliphatic rings. The van der Waals surface area contributed by atoms with Crippen LogP contribution in [0.1, 0.15) is 26.3 Å². The highest BCUT2D eigenvalue weighted by Crippen LogP contribution is 2.21. The molecule has 0 aliphatic heterocycles. The van der Waals surface area contributed by atoms with Crippen LogP contribution in [0, 0.1) is 11.6 Å². The summed E-state index contributed by atoms with van der Waals surface area (Å²) in [6, 6.07) is 2.06. The summed E-state index contributed by atoms with van der Waals surface area (Å²) >= 11 is 0. The third kappa shape index (κ3) is 4.78. The van der Waals surface area contributed by atoms with Gasteiger partial charge in [0, 0.05) is 0 Å². The van der Waals surface area contributed by atoms with E-state index in [4.69, 9.17) is 4.74 Å². The molecule has 0 aromatic heterocycles. The van der Waals surface area contributed by atoms with Crippen molar-refractivity contribution in [2.45, 2.75) is 32.9 Å². The lowest BCUT2D eigenvalue weighted by Crippen LogP contribution is -2.27. The van der Waals surface area contributed by atoms with Crippen molar-refractivity contribution in [1.29, 1.82) is 0 Å². The number of hydrogen-bond acceptors (Lipinski definition) is 4. The maximum atomic E-state index is 13.5. The highest BCUT2D eigenvalue weighted by Gasteiger charge is 2.19. The van der Waals surface area contributed by atoms with Gasteiger partial charge in [0.05, 0.1) is 12.2 Å². The molecular formula is C13H14F2N2O3. The third-order valence-corrected chi connectivity index (χ3v) is 2.05. The maximum Gasteiger partial charge on any atom is 0.412 e. The van der Waals surface area contributed by atoms with E-state index in [9.17, 15) is 18.4 Å². The SMILES string of the molecule is CC(C)(C)OC(=O)Nc1cc(CN=C=O)cc(F)c1F. The zero-order valence-electron chi connectivity index (χ0n) is 11.3. The smallest absolute Gasteiger partial charge is 0.412 e. The van der Waals surface area contributed by atoms with E-state index in [1.807, 2.05) is 0 Å². The van der Waals surface area contributed by atoms with Gasteiger partial charge in [-0.2, -0.15) is 0 Å². The van der Waals surface area contributed by atoms with Crippen LogP contribution < -0.4 is 5.32 Å². The molecule has 1 N–H and O–H groups in total. The van der Waals surface area contributed by atoms with E-state index in [0.29, 0.717) is 0 Å². The van der Waals surface area contributed by atoms with Gasteiger partial charge in [-0.1, -0.05) is 0 Å². The molecule has 0 fully saturated rings. The minimum Gasteiger partial charge on any atom is -0.444 e. The van der Waals surface area contributed by atoms with E-state index in [2.05, 4.69) is 10.3 Å². The van der Waals surface area contributed by atoms with Crippen LogP contribution in [0.2, 0.25) is 0 Å². The number of anilines is 1. The van der Waals surface area contributed by atoms with E-state index in [-0.39, 0.29) is 17.8 Å². The minimum absolute atomic E-state index is 0.163. The maximum absolute atomic E-state index is 13.5. The Kier molecular flexibility index (Phi) is 4.94. The topological polar surface area (TPSA) is 67.8 Å². The molecule has 1 rings (SSSR count). The highest BCUT2D eigenvalue weighted by molar-refractivity contribution is 5.85. The molecule has 0 saturated carbocycles. The van der Waals surface area contributed by atoms with Crippen LogP contribution in [0.5, 0.6) is 0 Å². The standard InChI is InChI=1S/C13H14F2N2O3/c1-13(2,3)20-12(19)17-10-5-8(6-16-7-18)4-9(14)11(10)15/h4-5H,6H2,1-3H3,(H,17,19). The van der Waals surface area contributed by atoms with Gasteiger partial charge >= 0.3 is 6.09 Å². The summed E-state index contributed by atoms with van der Waals surface area (Å²) in [4.78, 5) is 24.8. The summed E-state index contributed by atoms with van der Waals surface area (Å²) in [5.74, 6) is -2.37. The number of halogens is 2. The number of carbonyl (C=O) groups excluding carboxylic acids is 2. The van der Waals surface area contributed by atoms with Gasteiger partial charge in [0.25, 0.3) is 0 Å². The van der Waals surface area contributed by atoms with E-state index in [1.165, 1.54) is 12.1 Å². The molecule has 1 aromatic rings. The molecule has 5 nitrogen and oxygen atoms in total. The molecule has 0 unspecified atom stereocenters. The quantitative estimate of drug-likeness (QED) is 0.684. The number of carbonyl (C=O) groups is 1. The molecule has 1 aromatic carbocycles. The summed E-state index contributed by atoms with van der Waals surface area (Å²) in [5.41, 5.74) is -0.924. The van der Waals surface area contributed by atoms with E-state index in [1.54, 1.807) is 20.8 Å². The molecule has 0 aliphatic carbocycles. The summed E-state index contributed by atoms with van der Waals surface area (Å²) in [6.45, 7) is 4.75. The number of nitrogens with zero attached hydrogens (tertiary/aromatic N) is 1. The monoisotopic (exact) mass is 284 g/mol. The second-order valence-electron chi connectivity index (χ2n) is 4.97. The van der Waals surface area contributed by atoms with Crippen LogP contribution in [0.15, 0.2) is 17.1 Å². The van der Waals surface area contributed by atoms with Crippen LogP contribution in [0.4, 0.5) is 19.3 Å². The van der Waals surface area contributed by atoms with Crippen LogP contribution in [0.25, 0.3) is 0 Å². The number of benzene rings is 1. The van der Waals surface area contributed by atoms with Gasteiger partial charge < -0.3 is 4.74 Å². The van der Waals surface area contributed by atoms with Crippen molar-refractivity contribution >= 4 is 17.9 Å². The number of ether oxygens (including phenoxy) is 1. The number of aliphatic imine (C=N–C) groups is 1. The van der Waals surface area contributed by atoms with Gasteiger partial charge in [-0.05, 0) is 38.5 Å². The first kappa shape index (κ1) is 15.8. The highest BCUT2D eigenvalue weighted by atomic mass is 19.2. The first-order chi connectivity index (χ1) is 9.23. The van der Waals surface area contributed by atoms with Crippen molar-refractivity contribution in [3.8, 4) is 0 Å². The summed E-state index contributed by atoms with van der Waals surface area (Å²) in [6.07, 6.45) is 0.378. The lowest BCUT2D eigenvalue weighted by atomic mass is 10.2. The fraction of sp³-hybridized carbons (Fsp3) is 0.385. The zero-order valence-corrected chi connectivity index (χ0v) is 11.3. The Hall–Kier alpha value is -2.27. The first-order valence-electron chi connectivity index (χ1n) is 5.74. The first-order valence-corrected chi connectivity index (χ1v) is 5.74. The average Bonchev–Trinajstić information content (AvgIpc) is 2.30. The van der Waals surface area contributed by atoms with Crippen LogP contribution in [-0.2, 0) is 16.1 Å². The van der Waals surface area contributed by atoms with Gasteiger partial charge in [0.15, 0.2) is 11.6 Å². The van der Waals surface area contributed by atoms with Gasteiger partial charge in [-0.3, -0.25) is 5.32 Å². The van der Waals surface area contributed by atoms with Crippen LogP contribution in [-0.4, -0.2) is 17.8 Å². The Morgan fingerprint density at radius 2 is 2.05 bits per heavy atom. The van der Waals surface area contributed by atoms with Crippen molar-refractivity contribution in [3.63, 3.8) is 0 Å². The largest absolute Gasteiger partial charge is 0.444 e. The predicted octanol–water partition coefficient (Wildman–Crippen LogP) is 3.15. The minimum atomic E-state index is -1.21. The Bertz CT molecular complexity index is 561. The summed E-state index contributed by atoms with van der Waals surface area (Å²) in [7, 11) is 0. The average molecular weight is 284 g/mol. The third-order valence-electron chi connectivity index (χ3n) is 2.05. The van der Waals surface area contributed by atoms with Crippen molar-refractivity contribution in [2.24, 2.45) is 4.99 Å². The van der Waals surface area contributed by atoms with Crippen molar-refractivity contribution in [2.75, 3.05) is 5.32 Å². The van der Waals surface area contributed by atoms with Crippen molar-refractivity contribution < 1.29 is 23.1 Å². The second-order valence-corrected chi connectivity index (χ2v) is 4.97. The molecular weight excluding hydrogens is 270 g/mol. The molecule has 20 heavy (non-hydrogen) atoms. The molecule has 0 heterocycles. The molecule has 0 radical (unpaired) electrons. The lowest BCUT2D eigenvalue weighted by Gasteiger charge is -2.20. The number of amides is 1. The fourth-order valence-corrected chi connectivity index (χ4v) is 1.36. The van der Waals surface area contributed by atoms with E-state index in [0.717, 1.165) is 6.07 Å². The van der Waals surface area contributed by atoms with Gasteiger partial charge in [-0.15, -0.1) is 0 Å². The molecule has 0 atom stereocenters. The molecule has 0 saturated heterocycles. The second kappa shape index (κ2) is 6.25. The molecule has 0 bridgehead atoms. The van der Waals surface area contributed by atoms with Crippen molar-refractivity contribution in [3.05, 3.63) is 29.3 Å². The van der Waals surface area contributed by atoms with Gasteiger partial charge in [0.2, 0.25) is 6.08 Å². The van der Waals surface area contributed by atoms with Gasteiger partial charge in [0.1, 0.15) is 5.60 Å². The number of isocyanates is 1. The number of hydrogen-bond donors (Lipinski definition) is 1. The normalized spacial score (nSPS) is 10.7. The lowest BCUT2D eigenvalue weighted by molar-refractivity contribution is 0.0635. The zero-order chi connectivity index (χ0) is 15.3. The molecule has 108 valence electrons. The van der Waals surface area contributed by atoms with Gasteiger partial charge in [-0.25, -0.2) is 23.4 Å². The number of nitrogens with one attached hydrogen (secondary N) is 1. The summed E-state index contributed by atoms with van der Waals surface area (Å²) < 4.78 is 31.8. The Labute approximate surface area is 114 Å². The Morgan fingerprint density at radius 3 is 2.60 bits per heavy atom. The fourth-order valence-electron chi connectivity index (χ4n) is 1.36. The Morgan fingerprint density at radius 1 is 1.40 bits per heavy atom. The van der Waals surface area contributed by atoms with E-state index < -0.39 is 23.3 Å². The molecule has 1 amide bonds. The molecule has 7 heteroatoms.